The molecule has 0 aliphatic carbocycles. The van der Waals surface area contributed by atoms with E-state index in [2.05, 4.69) is 10.6 Å². The van der Waals surface area contributed by atoms with Crippen molar-refractivity contribution in [2.75, 3.05) is 31.4 Å². The molecule has 0 unspecified atom stereocenters. The van der Waals surface area contributed by atoms with Gasteiger partial charge in [-0.2, -0.15) is 0 Å². The Morgan fingerprint density at radius 3 is 2.31 bits per heavy atom. The Kier molecular flexibility index (Phi) is 9.91. The van der Waals surface area contributed by atoms with Gasteiger partial charge in [0.1, 0.15) is 6.04 Å². The Morgan fingerprint density at radius 1 is 0.978 bits per heavy atom. The van der Waals surface area contributed by atoms with Gasteiger partial charge >= 0.3 is 6.09 Å². The number of sulfone groups is 1. The molecule has 0 aromatic heterocycles. The van der Waals surface area contributed by atoms with Crippen molar-refractivity contribution < 1.29 is 37.4 Å². The Balaban J connectivity index is 1.84. The fourth-order valence-corrected chi connectivity index (χ4v) is 6.83. The van der Waals surface area contributed by atoms with Crippen LogP contribution in [0.5, 0.6) is 11.5 Å². The minimum Gasteiger partial charge on any atom is -0.493 e. The van der Waals surface area contributed by atoms with Crippen LogP contribution in [-0.2, 0) is 14.6 Å². The van der Waals surface area contributed by atoms with Gasteiger partial charge in [-0.3, -0.25) is 14.9 Å². The summed E-state index contributed by atoms with van der Waals surface area (Å²) in [4.78, 5) is 39.7. The van der Waals surface area contributed by atoms with E-state index >= 15 is 0 Å². The number of benzene rings is 3. The number of nitrogens with zero attached hydrogens (tertiary/aromatic N) is 1. The van der Waals surface area contributed by atoms with Crippen LogP contribution in [0.4, 0.5) is 16.2 Å². The molecule has 4 rings (SSSR count). The standard InChI is InChI=1S/C32H38N4O8S/c1-18(2)45(41,42)28-11-9-22(35-32(39)40)17-24(28)25-7-6-12-36(25)31(38)29(20-8-10-26(43-4)27(16-20)44-5)34-23-14-19(3)13-21(15-23)30(33)37/h8-11,13-18,25,29,34-35H,6-7,12H2,1-5H3,(H2,33,37)(H,39,40)/t25-,29+/m1/s1. The number of ether oxygens (including phenoxy) is 2. The predicted octanol–water partition coefficient (Wildman–Crippen LogP) is 4.90. The maximum Gasteiger partial charge on any atom is 0.409 e. The number of carboxylic acid groups (broad SMARTS) is 1. The lowest BCUT2D eigenvalue weighted by atomic mass is 10.00. The number of methoxy groups -OCH3 is 2. The average Bonchev–Trinajstić information content (AvgIpc) is 3.48. The third-order valence-electron chi connectivity index (χ3n) is 7.74. The minimum atomic E-state index is -3.80. The van der Waals surface area contributed by atoms with Crippen LogP contribution in [0.1, 0.15) is 65.8 Å². The topological polar surface area (TPSA) is 177 Å². The first-order chi connectivity index (χ1) is 21.3. The highest BCUT2D eigenvalue weighted by Gasteiger charge is 2.38. The lowest BCUT2D eigenvalue weighted by Gasteiger charge is -2.32. The summed E-state index contributed by atoms with van der Waals surface area (Å²) in [5.41, 5.74) is 8.09. The third kappa shape index (κ3) is 7.14. The second kappa shape index (κ2) is 13.5. The molecular weight excluding hydrogens is 600 g/mol. The van der Waals surface area contributed by atoms with E-state index in [1.54, 1.807) is 62.1 Å². The van der Waals surface area contributed by atoms with Gasteiger partial charge in [0.25, 0.3) is 0 Å². The lowest BCUT2D eigenvalue weighted by Crippen LogP contribution is -2.38. The number of amides is 3. The Labute approximate surface area is 262 Å². The van der Waals surface area contributed by atoms with Crippen LogP contribution in [-0.4, -0.2) is 62.3 Å². The van der Waals surface area contributed by atoms with Crippen LogP contribution in [0.15, 0.2) is 59.5 Å². The van der Waals surface area contributed by atoms with Gasteiger partial charge in [0, 0.05) is 23.5 Å². The number of rotatable bonds is 11. The van der Waals surface area contributed by atoms with Crippen molar-refractivity contribution in [3.05, 3.63) is 76.9 Å². The van der Waals surface area contributed by atoms with Crippen molar-refractivity contribution >= 4 is 39.1 Å². The van der Waals surface area contributed by atoms with Gasteiger partial charge in [-0.15, -0.1) is 0 Å². The monoisotopic (exact) mass is 638 g/mol. The molecule has 240 valence electrons. The molecule has 3 amide bonds. The first kappa shape index (κ1) is 33.1. The summed E-state index contributed by atoms with van der Waals surface area (Å²) in [6.45, 7) is 5.27. The fourth-order valence-electron chi connectivity index (χ4n) is 5.54. The van der Waals surface area contributed by atoms with E-state index in [4.69, 9.17) is 15.2 Å². The number of aryl methyl sites for hydroxylation is 1. The summed E-state index contributed by atoms with van der Waals surface area (Å²) in [6.07, 6.45) is -0.257. The molecule has 1 heterocycles. The van der Waals surface area contributed by atoms with E-state index in [0.29, 0.717) is 47.7 Å². The van der Waals surface area contributed by atoms with E-state index in [9.17, 15) is 27.9 Å². The van der Waals surface area contributed by atoms with Gasteiger partial charge < -0.3 is 30.5 Å². The summed E-state index contributed by atoms with van der Waals surface area (Å²) in [5.74, 6) is -0.128. The van der Waals surface area contributed by atoms with Crippen molar-refractivity contribution in [2.45, 2.75) is 55.8 Å². The number of primary amides is 1. The average molecular weight is 639 g/mol. The quantitative estimate of drug-likeness (QED) is 0.227. The van der Waals surface area contributed by atoms with E-state index in [1.807, 2.05) is 0 Å². The predicted molar refractivity (Wildman–Crippen MR) is 170 cm³/mol. The number of hydrogen-bond acceptors (Lipinski definition) is 8. The molecule has 12 nitrogen and oxygen atoms in total. The molecular formula is C32H38N4O8S. The van der Waals surface area contributed by atoms with Crippen LogP contribution >= 0.6 is 0 Å². The molecule has 3 aromatic rings. The summed E-state index contributed by atoms with van der Waals surface area (Å²) in [5, 5.41) is 14.1. The SMILES string of the molecule is COc1ccc([C@H](Nc2cc(C)cc(C(N)=O)c2)C(=O)N2CCC[C@@H]2c2cc(NC(=O)O)ccc2S(=O)(=O)C(C)C)cc1OC. The smallest absolute Gasteiger partial charge is 0.409 e. The Morgan fingerprint density at radius 2 is 1.69 bits per heavy atom. The molecule has 2 atom stereocenters. The first-order valence-corrected chi connectivity index (χ1v) is 15.9. The number of nitrogens with two attached hydrogens (primary N) is 1. The molecule has 0 bridgehead atoms. The number of carbonyl (C=O) groups excluding carboxylic acids is 2. The Bertz CT molecular complexity index is 1720. The Hall–Kier alpha value is -4.78. The van der Waals surface area contributed by atoms with Crippen molar-refractivity contribution in [3.63, 3.8) is 0 Å². The molecule has 3 aromatic carbocycles. The molecule has 13 heteroatoms. The van der Waals surface area contributed by atoms with E-state index in [-0.39, 0.29) is 22.1 Å². The second-order valence-corrected chi connectivity index (χ2v) is 13.6. The van der Waals surface area contributed by atoms with E-state index in [1.165, 1.54) is 32.4 Å². The van der Waals surface area contributed by atoms with Crippen LogP contribution in [0, 0.1) is 6.92 Å². The third-order valence-corrected chi connectivity index (χ3v) is 9.97. The highest BCUT2D eigenvalue weighted by Crippen LogP contribution is 2.41. The van der Waals surface area contributed by atoms with Crippen LogP contribution in [0.3, 0.4) is 0 Å². The maximum atomic E-state index is 14.6. The number of anilines is 2. The summed E-state index contributed by atoms with van der Waals surface area (Å²) >= 11 is 0. The molecule has 45 heavy (non-hydrogen) atoms. The zero-order chi connectivity index (χ0) is 33.1. The van der Waals surface area contributed by atoms with Gasteiger partial charge in [-0.25, -0.2) is 13.2 Å². The zero-order valence-electron chi connectivity index (χ0n) is 25.8. The van der Waals surface area contributed by atoms with Gasteiger partial charge in [0.15, 0.2) is 21.3 Å². The number of hydrogen-bond donors (Lipinski definition) is 4. The van der Waals surface area contributed by atoms with Crippen molar-refractivity contribution in [1.82, 2.24) is 4.90 Å². The van der Waals surface area contributed by atoms with Gasteiger partial charge in [0.05, 0.1) is 30.4 Å². The zero-order valence-corrected chi connectivity index (χ0v) is 26.6. The number of nitrogens with one attached hydrogen (secondary N) is 2. The molecule has 0 radical (unpaired) electrons. The van der Waals surface area contributed by atoms with Crippen LogP contribution in [0.25, 0.3) is 0 Å². The fraction of sp³-hybridized carbons (Fsp3) is 0.344. The summed E-state index contributed by atoms with van der Waals surface area (Å²) < 4.78 is 37.8. The van der Waals surface area contributed by atoms with E-state index < -0.39 is 39.2 Å². The lowest BCUT2D eigenvalue weighted by molar-refractivity contribution is -0.133. The maximum absolute atomic E-state index is 14.6. The number of carbonyl (C=O) groups is 3. The minimum absolute atomic E-state index is 0.0403. The van der Waals surface area contributed by atoms with E-state index in [0.717, 1.165) is 5.56 Å². The van der Waals surface area contributed by atoms with Gasteiger partial charge in [-0.05, 0) is 98.8 Å². The van der Waals surface area contributed by atoms with Crippen molar-refractivity contribution in [1.29, 1.82) is 0 Å². The molecule has 0 spiro atoms. The van der Waals surface area contributed by atoms with Crippen molar-refractivity contribution in [3.8, 4) is 11.5 Å². The second-order valence-electron chi connectivity index (χ2n) is 11.1. The molecule has 1 aliphatic rings. The van der Waals surface area contributed by atoms with Crippen LogP contribution < -0.4 is 25.8 Å². The van der Waals surface area contributed by atoms with Crippen LogP contribution in [0.2, 0.25) is 0 Å². The summed E-state index contributed by atoms with van der Waals surface area (Å²) in [7, 11) is -0.813. The molecule has 0 saturated carbocycles. The summed E-state index contributed by atoms with van der Waals surface area (Å²) in [6, 6.07) is 12.7. The normalized spacial score (nSPS) is 15.4. The van der Waals surface area contributed by atoms with Crippen molar-refractivity contribution in [2.24, 2.45) is 5.73 Å². The molecule has 5 N–H and O–H groups in total. The molecule has 1 saturated heterocycles. The molecule has 1 aliphatic heterocycles. The highest BCUT2D eigenvalue weighted by molar-refractivity contribution is 7.92. The number of likely N-dealkylation sites (tertiary alicyclic amines) is 1. The first-order valence-electron chi connectivity index (χ1n) is 14.3. The van der Waals surface area contributed by atoms with Gasteiger partial charge in [0.2, 0.25) is 11.8 Å². The highest BCUT2D eigenvalue weighted by atomic mass is 32.2. The largest absolute Gasteiger partial charge is 0.493 e. The molecule has 1 fully saturated rings. The van der Waals surface area contributed by atoms with Gasteiger partial charge in [-0.1, -0.05) is 6.07 Å².